The van der Waals surface area contributed by atoms with E-state index in [1.165, 1.54) is 6.21 Å². The first-order valence-corrected chi connectivity index (χ1v) is 3.52. The van der Waals surface area contributed by atoms with Crippen molar-refractivity contribution in [1.82, 2.24) is 5.43 Å². The van der Waals surface area contributed by atoms with Gasteiger partial charge < -0.3 is 5.43 Å². The molecule has 1 rings (SSSR count). The first kappa shape index (κ1) is 7.51. The summed E-state index contributed by atoms with van der Waals surface area (Å²) >= 11 is 0. The average Bonchev–Trinajstić information content (AvgIpc) is 2.15. The zero-order valence-electron chi connectivity index (χ0n) is 6.56. The van der Waals surface area contributed by atoms with Gasteiger partial charge in [0.25, 0.3) is 0 Å². The van der Waals surface area contributed by atoms with Gasteiger partial charge in [-0.3, -0.25) is 0 Å². The molecule has 58 valence electrons. The Morgan fingerprint density at radius 1 is 1.70 bits per heavy atom. The molecule has 0 saturated heterocycles. The number of rotatable bonds is 1. The third kappa shape index (κ3) is 0.895. The fourth-order valence-electron chi connectivity index (χ4n) is 0.906. The third-order valence-electron chi connectivity index (χ3n) is 2.28. The van der Waals surface area contributed by atoms with E-state index in [0.29, 0.717) is 0 Å². The van der Waals surface area contributed by atoms with Gasteiger partial charge in [-0.05, 0) is 12.8 Å². The lowest BCUT2D eigenvalue weighted by atomic mass is 9.86. The van der Waals surface area contributed by atoms with Crippen LogP contribution in [0.25, 0.3) is 0 Å². The van der Waals surface area contributed by atoms with Gasteiger partial charge in [-0.15, -0.1) is 0 Å². The van der Waals surface area contributed by atoms with Gasteiger partial charge in [-0.25, -0.2) is 4.39 Å². The van der Waals surface area contributed by atoms with Crippen molar-refractivity contribution in [2.45, 2.75) is 32.5 Å². The van der Waals surface area contributed by atoms with Gasteiger partial charge in [-0.2, -0.15) is 5.10 Å². The topological polar surface area (TPSA) is 24.4 Å². The Kier molecular flexibility index (Phi) is 1.67. The predicted octanol–water partition coefficient (Wildman–Crippen LogP) is 1.33. The number of hydrazone groups is 1. The zero-order valence-corrected chi connectivity index (χ0v) is 6.56. The quantitative estimate of drug-likeness (QED) is 0.590. The van der Waals surface area contributed by atoms with Gasteiger partial charge in [0.05, 0.1) is 11.8 Å². The van der Waals surface area contributed by atoms with Crippen molar-refractivity contribution in [1.29, 1.82) is 0 Å². The van der Waals surface area contributed by atoms with Crippen LogP contribution >= 0.6 is 0 Å². The monoisotopic (exact) mass is 144 g/mol. The highest BCUT2D eigenvalue weighted by molar-refractivity contribution is 5.67. The van der Waals surface area contributed by atoms with Gasteiger partial charge in [0.1, 0.15) is 0 Å². The van der Waals surface area contributed by atoms with Gasteiger partial charge >= 0.3 is 0 Å². The Balaban J connectivity index is 2.71. The summed E-state index contributed by atoms with van der Waals surface area (Å²) in [5.41, 5.74) is 2.29. The minimum absolute atomic E-state index is 0.255. The van der Waals surface area contributed by atoms with Crippen LogP contribution in [0.5, 0.6) is 0 Å². The van der Waals surface area contributed by atoms with E-state index < -0.39 is 11.7 Å². The minimum atomic E-state index is -0.951. The van der Waals surface area contributed by atoms with Crippen LogP contribution < -0.4 is 5.43 Å². The highest BCUT2D eigenvalue weighted by Gasteiger charge is 2.39. The number of nitrogens with one attached hydrogen (secondary N) is 1. The molecule has 0 amide bonds. The Morgan fingerprint density at radius 3 is 2.50 bits per heavy atom. The second-order valence-electron chi connectivity index (χ2n) is 3.23. The largest absolute Gasteiger partial charge is 0.301 e. The van der Waals surface area contributed by atoms with Crippen molar-refractivity contribution in [3.8, 4) is 0 Å². The van der Waals surface area contributed by atoms with Crippen molar-refractivity contribution < 1.29 is 4.39 Å². The maximum atomic E-state index is 13.0. The first-order chi connectivity index (χ1) is 4.57. The van der Waals surface area contributed by atoms with Gasteiger partial charge in [0.2, 0.25) is 0 Å². The molecule has 0 spiro atoms. The summed E-state index contributed by atoms with van der Waals surface area (Å²) < 4.78 is 13.0. The molecule has 0 saturated carbocycles. The molecule has 1 heterocycles. The lowest BCUT2D eigenvalue weighted by Gasteiger charge is -2.29. The summed E-state index contributed by atoms with van der Waals surface area (Å²) in [4.78, 5) is 0. The van der Waals surface area contributed by atoms with Crippen LogP contribution in [0, 0.1) is 5.92 Å². The van der Waals surface area contributed by atoms with E-state index in [2.05, 4.69) is 10.5 Å². The Labute approximate surface area is 60.5 Å². The van der Waals surface area contributed by atoms with Gasteiger partial charge in [0.15, 0.2) is 6.17 Å². The van der Waals surface area contributed by atoms with Crippen LogP contribution in [0.3, 0.4) is 0 Å². The summed E-state index contributed by atoms with van der Waals surface area (Å²) in [6.45, 7) is 5.80. The van der Waals surface area contributed by atoms with Crippen LogP contribution in [0.4, 0.5) is 4.39 Å². The molecule has 3 heteroatoms. The Bertz CT molecular complexity index is 156. The zero-order chi connectivity index (χ0) is 7.78. The molecule has 1 aliphatic heterocycles. The van der Waals surface area contributed by atoms with Crippen molar-refractivity contribution in [2.24, 2.45) is 11.0 Å². The fourth-order valence-corrected chi connectivity index (χ4v) is 0.906. The maximum Gasteiger partial charge on any atom is 0.161 e. The first-order valence-electron chi connectivity index (χ1n) is 3.52. The summed E-state index contributed by atoms with van der Waals surface area (Å²) in [7, 11) is 0. The van der Waals surface area contributed by atoms with Crippen molar-refractivity contribution in [3.63, 3.8) is 0 Å². The number of hydrogen-bond donors (Lipinski definition) is 1. The van der Waals surface area contributed by atoms with Crippen LogP contribution in [-0.2, 0) is 0 Å². The number of halogens is 1. The molecule has 2 nitrogen and oxygen atoms in total. The Morgan fingerprint density at radius 2 is 2.30 bits per heavy atom. The van der Waals surface area contributed by atoms with Crippen molar-refractivity contribution in [3.05, 3.63) is 0 Å². The fraction of sp³-hybridized carbons (Fsp3) is 0.857. The van der Waals surface area contributed by atoms with E-state index in [-0.39, 0.29) is 5.92 Å². The molecule has 1 aliphatic rings. The molecule has 0 fully saturated rings. The highest BCUT2D eigenvalue weighted by Crippen LogP contribution is 2.25. The molecule has 10 heavy (non-hydrogen) atoms. The molecule has 0 aliphatic carbocycles. The second-order valence-corrected chi connectivity index (χ2v) is 3.23. The number of alkyl halides is 1. The lowest BCUT2D eigenvalue weighted by molar-refractivity contribution is 0.186. The van der Waals surface area contributed by atoms with Crippen LogP contribution in [-0.4, -0.2) is 17.9 Å². The van der Waals surface area contributed by atoms with Gasteiger partial charge in [-0.1, -0.05) is 13.8 Å². The average molecular weight is 144 g/mol. The standard InChI is InChI=1S/C7H13FN2/c1-5(2)7(3)6(8)4-9-10-7/h4-6,10H,1-3H3. The van der Waals surface area contributed by atoms with E-state index in [1.54, 1.807) is 0 Å². The number of nitrogens with zero attached hydrogens (tertiary/aromatic N) is 1. The van der Waals surface area contributed by atoms with Crippen molar-refractivity contribution in [2.75, 3.05) is 0 Å². The van der Waals surface area contributed by atoms with Crippen LogP contribution in [0.1, 0.15) is 20.8 Å². The van der Waals surface area contributed by atoms with Crippen molar-refractivity contribution >= 4 is 6.21 Å². The summed E-state index contributed by atoms with van der Waals surface area (Å²) in [6.07, 6.45) is 0.368. The molecule has 0 bridgehead atoms. The molecular formula is C7H13FN2. The molecule has 0 aromatic rings. The summed E-state index contributed by atoms with van der Waals surface area (Å²) in [6, 6.07) is 0. The van der Waals surface area contributed by atoms with E-state index in [4.69, 9.17) is 0 Å². The van der Waals surface area contributed by atoms with Gasteiger partial charge in [0, 0.05) is 0 Å². The third-order valence-corrected chi connectivity index (χ3v) is 2.28. The van der Waals surface area contributed by atoms with E-state index in [0.717, 1.165) is 0 Å². The number of hydrogen-bond acceptors (Lipinski definition) is 2. The molecule has 1 N–H and O–H groups in total. The molecule has 2 atom stereocenters. The summed E-state index contributed by atoms with van der Waals surface area (Å²) in [5, 5.41) is 3.69. The Hall–Kier alpha value is -0.600. The second kappa shape index (κ2) is 2.22. The summed E-state index contributed by atoms with van der Waals surface area (Å²) in [5.74, 6) is 0.255. The van der Waals surface area contributed by atoms with Crippen LogP contribution in [0.15, 0.2) is 5.10 Å². The lowest BCUT2D eigenvalue weighted by Crippen LogP contribution is -2.48. The van der Waals surface area contributed by atoms with E-state index in [1.807, 2.05) is 20.8 Å². The highest BCUT2D eigenvalue weighted by atomic mass is 19.1. The van der Waals surface area contributed by atoms with Crippen LogP contribution in [0.2, 0.25) is 0 Å². The maximum absolute atomic E-state index is 13.0. The predicted molar refractivity (Wildman–Crippen MR) is 39.8 cm³/mol. The SMILES string of the molecule is CC(C)C1(C)NN=CC1F. The normalized spacial score (nSPS) is 38.7. The molecular weight excluding hydrogens is 131 g/mol. The molecule has 2 unspecified atom stereocenters. The molecule has 0 radical (unpaired) electrons. The molecule has 0 aromatic carbocycles. The molecule has 0 aromatic heterocycles. The smallest absolute Gasteiger partial charge is 0.161 e. The van der Waals surface area contributed by atoms with E-state index >= 15 is 0 Å². The minimum Gasteiger partial charge on any atom is -0.301 e. The van der Waals surface area contributed by atoms with E-state index in [9.17, 15) is 4.39 Å².